The highest BCUT2D eigenvalue weighted by atomic mass is 16.3. The van der Waals surface area contributed by atoms with Gasteiger partial charge >= 0.3 is 0 Å². The second kappa shape index (κ2) is 4.81. The van der Waals surface area contributed by atoms with Gasteiger partial charge in [-0.25, -0.2) is 4.68 Å². The van der Waals surface area contributed by atoms with Crippen LogP contribution >= 0.6 is 0 Å². The van der Waals surface area contributed by atoms with Crippen molar-refractivity contribution in [3.63, 3.8) is 0 Å². The van der Waals surface area contributed by atoms with Crippen molar-refractivity contribution >= 4 is 5.91 Å². The number of rotatable bonds is 3. The molecule has 2 N–H and O–H groups in total. The van der Waals surface area contributed by atoms with E-state index in [0.717, 1.165) is 11.1 Å². The zero-order valence-corrected chi connectivity index (χ0v) is 10.2. The van der Waals surface area contributed by atoms with Crippen molar-refractivity contribution in [3.05, 3.63) is 47.8 Å². The molecule has 3 rings (SSSR count). The van der Waals surface area contributed by atoms with Crippen molar-refractivity contribution in [1.29, 1.82) is 0 Å². The number of amides is 1. The molecule has 6 heteroatoms. The topological polar surface area (TPSA) is 80.0 Å². The van der Waals surface area contributed by atoms with Crippen molar-refractivity contribution in [1.82, 2.24) is 20.3 Å². The first-order valence-corrected chi connectivity index (χ1v) is 6.13. The molecule has 1 aromatic heterocycles. The van der Waals surface area contributed by atoms with E-state index >= 15 is 0 Å². The van der Waals surface area contributed by atoms with Crippen LogP contribution < -0.4 is 5.32 Å². The molecule has 6 nitrogen and oxygen atoms in total. The minimum atomic E-state index is -0.572. The number of aromatic nitrogens is 3. The largest absolute Gasteiger partial charge is 0.390 e. The summed E-state index contributed by atoms with van der Waals surface area (Å²) in [7, 11) is 0. The minimum absolute atomic E-state index is 0.103. The SMILES string of the molecule is O=C(Cn1ccnn1)N[C@@H]1c2ccccc2C[C@@H]1O. The van der Waals surface area contributed by atoms with Gasteiger partial charge in [-0.3, -0.25) is 4.79 Å². The van der Waals surface area contributed by atoms with Crippen molar-refractivity contribution in [2.24, 2.45) is 0 Å². The van der Waals surface area contributed by atoms with Crippen molar-refractivity contribution in [2.75, 3.05) is 0 Å². The summed E-state index contributed by atoms with van der Waals surface area (Å²) in [5, 5.41) is 20.3. The number of fused-ring (bicyclic) bond motifs is 1. The van der Waals surface area contributed by atoms with E-state index in [1.807, 2.05) is 24.3 Å². The van der Waals surface area contributed by atoms with E-state index in [4.69, 9.17) is 0 Å². The monoisotopic (exact) mass is 258 g/mol. The van der Waals surface area contributed by atoms with E-state index in [0.29, 0.717) is 6.42 Å². The molecule has 1 heterocycles. The number of aliphatic hydroxyl groups is 1. The van der Waals surface area contributed by atoms with E-state index in [1.54, 1.807) is 6.20 Å². The second-order valence-corrected chi connectivity index (χ2v) is 4.62. The zero-order valence-electron chi connectivity index (χ0n) is 10.2. The maximum atomic E-state index is 11.9. The third-order valence-corrected chi connectivity index (χ3v) is 3.30. The molecule has 0 fully saturated rings. The molecule has 1 aliphatic rings. The predicted octanol–water partition coefficient (Wildman–Crippen LogP) is 0.0526. The van der Waals surface area contributed by atoms with Gasteiger partial charge < -0.3 is 10.4 Å². The van der Waals surface area contributed by atoms with Gasteiger partial charge in [-0.1, -0.05) is 29.5 Å². The molecule has 1 aromatic carbocycles. The Balaban J connectivity index is 1.71. The molecular formula is C13H14N4O2. The maximum Gasteiger partial charge on any atom is 0.242 e. The van der Waals surface area contributed by atoms with Crippen molar-refractivity contribution in [3.8, 4) is 0 Å². The number of carbonyl (C=O) groups is 1. The average Bonchev–Trinajstić information content (AvgIpc) is 2.99. The van der Waals surface area contributed by atoms with Gasteiger partial charge in [-0.2, -0.15) is 0 Å². The number of hydrogen-bond acceptors (Lipinski definition) is 4. The minimum Gasteiger partial charge on any atom is -0.390 e. The number of carbonyl (C=O) groups excluding carboxylic acids is 1. The summed E-state index contributed by atoms with van der Waals surface area (Å²) < 4.78 is 1.45. The van der Waals surface area contributed by atoms with Gasteiger partial charge in [0, 0.05) is 12.6 Å². The number of aliphatic hydroxyl groups excluding tert-OH is 1. The van der Waals surface area contributed by atoms with Crippen LogP contribution in [0.4, 0.5) is 0 Å². The van der Waals surface area contributed by atoms with Gasteiger partial charge in [0.25, 0.3) is 0 Å². The average molecular weight is 258 g/mol. The van der Waals surface area contributed by atoms with Crippen LogP contribution in [0, 0.1) is 0 Å². The van der Waals surface area contributed by atoms with Crippen LogP contribution in [0.1, 0.15) is 17.2 Å². The molecule has 19 heavy (non-hydrogen) atoms. The van der Waals surface area contributed by atoms with E-state index < -0.39 is 6.10 Å². The molecule has 0 bridgehead atoms. The fourth-order valence-corrected chi connectivity index (χ4v) is 2.43. The summed E-state index contributed by atoms with van der Waals surface area (Å²) in [4.78, 5) is 11.9. The fraction of sp³-hybridized carbons (Fsp3) is 0.308. The summed E-state index contributed by atoms with van der Waals surface area (Å²) in [5.74, 6) is -0.189. The zero-order chi connectivity index (χ0) is 13.2. The highest BCUT2D eigenvalue weighted by Gasteiger charge is 2.31. The van der Waals surface area contributed by atoms with Crippen LogP contribution in [-0.4, -0.2) is 32.1 Å². The Hall–Kier alpha value is -2.21. The van der Waals surface area contributed by atoms with Crippen LogP contribution in [0.5, 0.6) is 0 Å². The Morgan fingerprint density at radius 2 is 2.32 bits per heavy atom. The molecule has 0 saturated carbocycles. The van der Waals surface area contributed by atoms with Crippen LogP contribution in [0.25, 0.3) is 0 Å². The van der Waals surface area contributed by atoms with Gasteiger partial charge in [-0.05, 0) is 11.1 Å². The smallest absolute Gasteiger partial charge is 0.242 e. The molecule has 0 saturated heterocycles. The highest BCUT2D eigenvalue weighted by Crippen LogP contribution is 2.31. The summed E-state index contributed by atoms with van der Waals surface area (Å²) in [6.07, 6.45) is 3.15. The summed E-state index contributed by atoms with van der Waals surface area (Å²) >= 11 is 0. The second-order valence-electron chi connectivity index (χ2n) is 4.62. The highest BCUT2D eigenvalue weighted by molar-refractivity contribution is 5.76. The number of benzene rings is 1. The van der Waals surface area contributed by atoms with Gasteiger partial charge in [0.15, 0.2) is 0 Å². The maximum absolute atomic E-state index is 11.9. The van der Waals surface area contributed by atoms with E-state index in [-0.39, 0.29) is 18.5 Å². The standard InChI is InChI=1S/C13H14N4O2/c18-11-7-9-3-1-2-4-10(9)13(11)15-12(19)8-17-6-5-14-16-17/h1-6,11,13,18H,7-8H2,(H,15,19)/t11-,13+/m0/s1. The molecule has 0 spiro atoms. The molecule has 2 aromatic rings. The normalized spacial score (nSPS) is 21.1. The van der Waals surface area contributed by atoms with Gasteiger partial charge in [0.05, 0.1) is 18.3 Å². The van der Waals surface area contributed by atoms with Crippen molar-refractivity contribution < 1.29 is 9.90 Å². The van der Waals surface area contributed by atoms with Gasteiger partial charge in [-0.15, -0.1) is 5.10 Å². The molecule has 0 unspecified atom stereocenters. The number of hydrogen-bond donors (Lipinski definition) is 2. The molecular weight excluding hydrogens is 244 g/mol. The molecule has 2 atom stereocenters. The third kappa shape index (κ3) is 2.34. The van der Waals surface area contributed by atoms with Crippen LogP contribution in [-0.2, 0) is 17.8 Å². The first-order valence-electron chi connectivity index (χ1n) is 6.13. The first-order chi connectivity index (χ1) is 9.24. The summed E-state index contributed by atoms with van der Waals surface area (Å²) in [5.41, 5.74) is 2.07. The summed E-state index contributed by atoms with van der Waals surface area (Å²) in [6.45, 7) is 0.103. The molecule has 98 valence electrons. The number of nitrogens with one attached hydrogen (secondary N) is 1. The lowest BCUT2D eigenvalue weighted by molar-refractivity contribution is -0.123. The lowest BCUT2D eigenvalue weighted by atomic mass is 10.1. The van der Waals surface area contributed by atoms with Crippen molar-refractivity contribution in [2.45, 2.75) is 25.1 Å². The van der Waals surface area contributed by atoms with Gasteiger partial charge in [0.1, 0.15) is 6.54 Å². The predicted molar refractivity (Wildman–Crippen MR) is 67.1 cm³/mol. The van der Waals surface area contributed by atoms with Gasteiger partial charge in [0.2, 0.25) is 5.91 Å². The quantitative estimate of drug-likeness (QED) is 0.815. The molecule has 0 aliphatic heterocycles. The van der Waals surface area contributed by atoms with E-state index in [1.165, 1.54) is 10.9 Å². The number of nitrogens with zero attached hydrogens (tertiary/aromatic N) is 3. The van der Waals surface area contributed by atoms with E-state index in [2.05, 4.69) is 15.6 Å². The lowest BCUT2D eigenvalue weighted by Crippen LogP contribution is -2.36. The van der Waals surface area contributed by atoms with E-state index in [9.17, 15) is 9.90 Å². The molecule has 0 radical (unpaired) electrons. The van der Waals surface area contributed by atoms with Crippen LogP contribution in [0.2, 0.25) is 0 Å². The Morgan fingerprint density at radius 3 is 3.11 bits per heavy atom. The van der Waals surface area contributed by atoms with Crippen LogP contribution in [0.3, 0.4) is 0 Å². The fourth-order valence-electron chi connectivity index (χ4n) is 2.43. The molecule has 1 amide bonds. The summed E-state index contributed by atoms with van der Waals surface area (Å²) in [6, 6.07) is 7.42. The lowest BCUT2D eigenvalue weighted by Gasteiger charge is -2.17. The third-order valence-electron chi connectivity index (χ3n) is 3.30. The van der Waals surface area contributed by atoms with Crippen LogP contribution in [0.15, 0.2) is 36.7 Å². The Bertz CT molecular complexity index is 582. The Morgan fingerprint density at radius 1 is 1.47 bits per heavy atom. The first kappa shape index (κ1) is 11.9. The Labute approximate surface area is 110 Å². The molecule has 1 aliphatic carbocycles. The Kier molecular flexibility index (Phi) is 3.00.